The van der Waals surface area contributed by atoms with Gasteiger partial charge in [-0.25, -0.2) is 4.79 Å². The molecule has 0 fully saturated rings. The minimum atomic E-state index is -1.67. The van der Waals surface area contributed by atoms with E-state index < -0.39 is 20.5 Å². The maximum atomic E-state index is 11.4. The monoisotopic (exact) mass is 327 g/mol. The van der Waals surface area contributed by atoms with E-state index >= 15 is 0 Å². The van der Waals surface area contributed by atoms with Crippen molar-refractivity contribution in [3.63, 3.8) is 0 Å². The van der Waals surface area contributed by atoms with Crippen LogP contribution in [-0.4, -0.2) is 22.1 Å². The molecular formula is C10H11Cl2NO5S. The Hall–Kier alpha value is -1.02. The third-order valence-corrected chi connectivity index (χ3v) is 1.92. The number of esters is 1. The Kier molecular flexibility index (Phi) is 8.49. The van der Waals surface area contributed by atoms with Gasteiger partial charge in [0.2, 0.25) is 0 Å². The zero-order valence-electron chi connectivity index (χ0n) is 10.1. The molecule has 0 atom stereocenters. The van der Waals surface area contributed by atoms with Crippen molar-refractivity contribution in [2.45, 2.75) is 13.8 Å². The van der Waals surface area contributed by atoms with E-state index in [0.29, 0.717) is 11.1 Å². The van der Waals surface area contributed by atoms with Gasteiger partial charge in [0.25, 0.3) is 5.69 Å². The number of rotatable bonds is 3. The van der Waals surface area contributed by atoms with Gasteiger partial charge in [-0.15, -0.1) is 0 Å². The first kappa shape index (κ1) is 18.0. The topological polar surface area (TPSA) is 92.5 Å². The number of nitrogens with zero attached hydrogens (tertiary/aromatic N) is 1. The summed E-state index contributed by atoms with van der Waals surface area (Å²) in [5, 5.41) is 10.4. The third kappa shape index (κ3) is 7.22. The lowest BCUT2D eigenvalue weighted by molar-refractivity contribution is -0.384. The number of halogens is 2. The van der Waals surface area contributed by atoms with Gasteiger partial charge < -0.3 is 9.29 Å². The summed E-state index contributed by atoms with van der Waals surface area (Å²) in [4.78, 5) is 21.3. The van der Waals surface area contributed by atoms with Crippen molar-refractivity contribution >= 4 is 42.6 Å². The number of carbonyl (C=O) groups is 1. The first-order valence-corrected chi connectivity index (χ1v) is 7.76. The molecule has 1 aromatic rings. The van der Waals surface area contributed by atoms with E-state index in [9.17, 15) is 14.9 Å². The number of hydrogen-bond acceptors (Lipinski definition) is 5. The van der Waals surface area contributed by atoms with Gasteiger partial charge in [0.1, 0.15) is 0 Å². The second-order valence-corrected chi connectivity index (χ2v) is 5.69. The Balaban J connectivity index is 0.000000711. The van der Waals surface area contributed by atoms with Crippen molar-refractivity contribution in [3.05, 3.63) is 39.4 Å². The second-order valence-electron chi connectivity index (χ2n) is 3.16. The lowest BCUT2D eigenvalue weighted by Gasteiger charge is -2.04. The minimum absolute atomic E-state index is 0.0273. The van der Waals surface area contributed by atoms with Gasteiger partial charge in [-0.2, -0.15) is 0 Å². The van der Waals surface area contributed by atoms with E-state index in [1.807, 2.05) is 0 Å². The molecule has 0 aliphatic heterocycles. The van der Waals surface area contributed by atoms with E-state index in [-0.39, 0.29) is 12.3 Å². The second kappa shape index (κ2) is 8.98. The quantitative estimate of drug-likeness (QED) is 0.368. The molecule has 6 nitrogen and oxygen atoms in total. The molecule has 0 heterocycles. The van der Waals surface area contributed by atoms with Gasteiger partial charge in [0.05, 0.1) is 17.1 Å². The van der Waals surface area contributed by atoms with Crippen molar-refractivity contribution in [1.29, 1.82) is 0 Å². The summed E-state index contributed by atoms with van der Waals surface area (Å²) in [5.41, 5.74) is 0.880. The molecule has 0 saturated carbocycles. The molecule has 106 valence electrons. The molecule has 0 spiro atoms. The Morgan fingerprint density at radius 3 is 2.37 bits per heavy atom. The zero-order valence-corrected chi connectivity index (χ0v) is 12.4. The van der Waals surface area contributed by atoms with Gasteiger partial charge in [-0.05, 0) is 25.5 Å². The van der Waals surface area contributed by atoms with E-state index in [0.717, 1.165) is 0 Å². The fourth-order valence-corrected chi connectivity index (χ4v) is 1.20. The van der Waals surface area contributed by atoms with Crippen molar-refractivity contribution in [1.82, 2.24) is 0 Å². The summed E-state index contributed by atoms with van der Waals surface area (Å²) in [7, 11) is 7.36. The van der Waals surface area contributed by atoms with Crippen LogP contribution in [-0.2, 0) is 14.3 Å². The van der Waals surface area contributed by atoms with E-state index in [1.54, 1.807) is 13.8 Å². The van der Waals surface area contributed by atoms with Crippen LogP contribution in [0.2, 0.25) is 0 Å². The fourth-order valence-electron chi connectivity index (χ4n) is 1.20. The standard InChI is InChI=1S/C10H11NO4.Cl2OS/c1-3-15-10(12)9-5-4-8(11(13)14)6-7(9)2;1-4(2)3/h4-6H,3H2,1-2H3;. The lowest BCUT2D eigenvalue weighted by Crippen LogP contribution is -2.06. The maximum absolute atomic E-state index is 11.4. The van der Waals surface area contributed by atoms with Crippen molar-refractivity contribution < 1.29 is 19.0 Å². The van der Waals surface area contributed by atoms with Crippen LogP contribution in [0, 0.1) is 17.0 Å². The van der Waals surface area contributed by atoms with E-state index in [4.69, 9.17) is 9.29 Å². The highest BCUT2D eigenvalue weighted by Gasteiger charge is 2.13. The summed E-state index contributed by atoms with van der Waals surface area (Å²) >= 11 is 0. The average molecular weight is 328 g/mol. The maximum Gasteiger partial charge on any atom is 0.338 e. The van der Waals surface area contributed by atoms with Gasteiger partial charge >= 0.3 is 5.97 Å². The minimum Gasteiger partial charge on any atom is -0.582 e. The third-order valence-electron chi connectivity index (χ3n) is 1.92. The number of nitro groups is 1. The number of non-ortho nitro benzene ring substituents is 1. The SMILES string of the molecule is CCOC(=O)c1ccc([N+](=O)[O-])cc1C.[O-][S+](Cl)Cl. The predicted octanol–water partition coefficient (Wildman–Crippen LogP) is 3.12. The van der Waals surface area contributed by atoms with Gasteiger partial charge in [-0.3, -0.25) is 10.1 Å². The van der Waals surface area contributed by atoms with E-state index in [2.05, 4.69) is 21.4 Å². The molecule has 0 aliphatic carbocycles. The predicted molar refractivity (Wildman–Crippen MR) is 73.6 cm³/mol. The van der Waals surface area contributed by atoms with Crippen LogP contribution in [0.1, 0.15) is 22.8 Å². The van der Waals surface area contributed by atoms with Crippen LogP contribution in [0.15, 0.2) is 18.2 Å². The first-order chi connectivity index (χ1) is 8.79. The smallest absolute Gasteiger partial charge is 0.338 e. The Morgan fingerprint density at radius 1 is 1.47 bits per heavy atom. The molecule has 1 rings (SSSR count). The molecule has 0 saturated heterocycles. The van der Waals surface area contributed by atoms with Crippen molar-refractivity contribution in [2.75, 3.05) is 6.61 Å². The highest BCUT2D eigenvalue weighted by Crippen LogP contribution is 2.17. The molecule has 0 unspecified atom stereocenters. The molecule has 0 N–H and O–H groups in total. The van der Waals surface area contributed by atoms with Gasteiger partial charge in [0, 0.05) is 12.1 Å². The molecular weight excluding hydrogens is 317 g/mol. The summed E-state index contributed by atoms with van der Waals surface area (Å²) in [6.45, 7) is 3.63. The fraction of sp³-hybridized carbons (Fsp3) is 0.300. The number of hydrogen-bond donors (Lipinski definition) is 0. The Bertz CT molecular complexity index is 453. The molecule has 0 bridgehead atoms. The molecule has 0 amide bonds. The molecule has 0 radical (unpaired) electrons. The number of carbonyl (C=O) groups excluding carboxylic acids is 1. The number of aryl methyl sites for hydroxylation is 1. The molecule has 0 aliphatic rings. The summed E-state index contributed by atoms with van der Waals surface area (Å²) in [6, 6.07) is 4.05. The van der Waals surface area contributed by atoms with Crippen molar-refractivity contribution in [2.24, 2.45) is 0 Å². The molecule has 0 aromatic heterocycles. The molecule has 9 heteroatoms. The van der Waals surface area contributed by atoms with Crippen molar-refractivity contribution in [3.8, 4) is 0 Å². The van der Waals surface area contributed by atoms with Crippen LogP contribution < -0.4 is 0 Å². The number of nitro benzene ring substituents is 1. The first-order valence-electron chi connectivity index (χ1n) is 4.96. The summed E-state index contributed by atoms with van der Waals surface area (Å²) in [6.07, 6.45) is 0. The zero-order chi connectivity index (χ0) is 15.0. The lowest BCUT2D eigenvalue weighted by atomic mass is 10.1. The highest BCUT2D eigenvalue weighted by atomic mass is 36.0. The van der Waals surface area contributed by atoms with E-state index in [1.165, 1.54) is 18.2 Å². The van der Waals surface area contributed by atoms with Crippen LogP contribution in [0.4, 0.5) is 5.69 Å². The molecule has 1 aromatic carbocycles. The van der Waals surface area contributed by atoms with Crippen LogP contribution >= 0.6 is 21.4 Å². The number of ether oxygens (including phenoxy) is 1. The van der Waals surface area contributed by atoms with Gasteiger partial charge in [0.15, 0.2) is 31.0 Å². The Morgan fingerprint density at radius 2 is 2.00 bits per heavy atom. The van der Waals surface area contributed by atoms with Gasteiger partial charge in [-0.1, -0.05) is 0 Å². The summed E-state index contributed by atoms with van der Waals surface area (Å²) in [5.74, 6) is -0.454. The van der Waals surface area contributed by atoms with Crippen LogP contribution in [0.25, 0.3) is 0 Å². The molecule has 19 heavy (non-hydrogen) atoms. The normalized spacial score (nSPS) is 9.58. The highest BCUT2D eigenvalue weighted by molar-refractivity contribution is 8.31. The summed E-state index contributed by atoms with van der Waals surface area (Å²) < 4.78 is 13.9. The largest absolute Gasteiger partial charge is 0.582 e. The Labute approximate surface area is 122 Å². The average Bonchev–Trinajstić information content (AvgIpc) is 2.28. The number of benzene rings is 1. The van der Waals surface area contributed by atoms with Crippen LogP contribution in [0.5, 0.6) is 0 Å². The van der Waals surface area contributed by atoms with Crippen LogP contribution in [0.3, 0.4) is 0 Å².